The molecule has 0 saturated heterocycles. The van der Waals surface area contributed by atoms with Gasteiger partial charge in [0.05, 0.1) is 10.7 Å². The average Bonchev–Trinajstić information content (AvgIpc) is 3.70. The zero-order valence-corrected chi connectivity index (χ0v) is 22.3. The van der Waals surface area contributed by atoms with Crippen LogP contribution in [0.3, 0.4) is 0 Å². The van der Waals surface area contributed by atoms with Gasteiger partial charge in [-0.15, -0.1) is 0 Å². The first-order valence-electron chi connectivity index (χ1n) is 13.1. The van der Waals surface area contributed by atoms with Crippen molar-refractivity contribution in [2.24, 2.45) is 5.92 Å². The highest BCUT2D eigenvalue weighted by molar-refractivity contribution is 9.10. The number of aromatic nitrogens is 4. The highest BCUT2D eigenvalue weighted by Crippen LogP contribution is 2.48. The molecule has 3 heterocycles. The van der Waals surface area contributed by atoms with E-state index in [1.807, 2.05) is 28.9 Å². The summed E-state index contributed by atoms with van der Waals surface area (Å²) in [6.45, 7) is 0.661. The Balaban J connectivity index is 1.16. The Bertz CT molecular complexity index is 1430. The van der Waals surface area contributed by atoms with E-state index in [0.29, 0.717) is 24.2 Å². The quantitative estimate of drug-likeness (QED) is 0.199. The van der Waals surface area contributed by atoms with Crippen molar-refractivity contribution in [1.82, 2.24) is 19.6 Å². The molecule has 2 aliphatic rings. The first kappa shape index (κ1) is 24.0. The van der Waals surface area contributed by atoms with Crippen LogP contribution in [0.15, 0.2) is 83.2 Å². The SMILES string of the molecule is O=C(C=C1CCCC(c2cc(NCc3cccnc3)n3ncc(Br)c3n2)CC1)[C@@H]1C[C@H]1c1ccccc1. The fraction of sp³-hybridized carbons (Fsp3) is 0.333. The van der Waals surface area contributed by atoms with Crippen LogP contribution in [0.25, 0.3) is 5.65 Å². The fourth-order valence-corrected chi connectivity index (χ4v) is 5.86. The van der Waals surface area contributed by atoms with Gasteiger partial charge in [0.25, 0.3) is 0 Å². The molecule has 4 aromatic rings. The first-order valence-corrected chi connectivity index (χ1v) is 13.9. The summed E-state index contributed by atoms with van der Waals surface area (Å²) in [5.41, 5.74) is 5.61. The summed E-state index contributed by atoms with van der Waals surface area (Å²) in [6, 6.07) is 16.6. The van der Waals surface area contributed by atoms with Crippen LogP contribution in [0.4, 0.5) is 5.82 Å². The van der Waals surface area contributed by atoms with Crippen molar-refractivity contribution in [3.05, 3.63) is 100 Å². The molecule has 2 fully saturated rings. The molecule has 37 heavy (non-hydrogen) atoms. The number of hydrogen-bond donors (Lipinski definition) is 1. The summed E-state index contributed by atoms with van der Waals surface area (Å²) in [4.78, 5) is 22.2. The highest BCUT2D eigenvalue weighted by Gasteiger charge is 2.42. The maximum Gasteiger partial charge on any atom is 0.171 e. The van der Waals surface area contributed by atoms with Gasteiger partial charge in [-0.2, -0.15) is 9.61 Å². The molecule has 0 spiro atoms. The predicted molar refractivity (Wildman–Crippen MR) is 148 cm³/mol. The van der Waals surface area contributed by atoms with E-state index in [1.165, 1.54) is 11.1 Å². The van der Waals surface area contributed by atoms with Gasteiger partial charge in [0.2, 0.25) is 0 Å². The van der Waals surface area contributed by atoms with Crippen LogP contribution in [-0.2, 0) is 11.3 Å². The summed E-state index contributed by atoms with van der Waals surface area (Å²) < 4.78 is 2.74. The molecule has 1 unspecified atom stereocenters. The Morgan fingerprint density at radius 2 is 2.00 bits per heavy atom. The molecule has 2 saturated carbocycles. The molecule has 6 nitrogen and oxygen atoms in total. The van der Waals surface area contributed by atoms with Crippen molar-refractivity contribution >= 4 is 33.2 Å². The van der Waals surface area contributed by atoms with E-state index in [9.17, 15) is 4.79 Å². The van der Waals surface area contributed by atoms with Gasteiger partial charge in [-0.25, -0.2) is 4.98 Å². The predicted octanol–water partition coefficient (Wildman–Crippen LogP) is 6.85. The van der Waals surface area contributed by atoms with Gasteiger partial charge in [0, 0.05) is 42.5 Å². The second kappa shape index (κ2) is 10.6. The summed E-state index contributed by atoms with van der Waals surface area (Å²) >= 11 is 3.62. The van der Waals surface area contributed by atoms with Crippen LogP contribution in [-0.4, -0.2) is 25.4 Å². The lowest BCUT2D eigenvalue weighted by molar-refractivity contribution is -0.115. The van der Waals surface area contributed by atoms with Gasteiger partial charge in [-0.05, 0) is 83.6 Å². The topological polar surface area (TPSA) is 72.2 Å². The third-order valence-electron chi connectivity index (χ3n) is 7.66. The van der Waals surface area contributed by atoms with Crippen molar-refractivity contribution in [2.75, 3.05) is 5.32 Å². The first-order chi connectivity index (χ1) is 18.2. The average molecular weight is 557 g/mol. The van der Waals surface area contributed by atoms with E-state index in [4.69, 9.17) is 4.98 Å². The van der Waals surface area contributed by atoms with Gasteiger partial charge >= 0.3 is 0 Å². The number of rotatable bonds is 7. The molecule has 1 N–H and O–H groups in total. The second-order valence-corrected chi connectivity index (χ2v) is 11.1. The van der Waals surface area contributed by atoms with Crippen molar-refractivity contribution in [1.29, 1.82) is 0 Å². The van der Waals surface area contributed by atoms with E-state index in [0.717, 1.165) is 65.7 Å². The smallest absolute Gasteiger partial charge is 0.171 e. The minimum atomic E-state index is 0.158. The number of carbonyl (C=O) groups is 1. The number of anilines is 1. The zero-order chi connectivity index (χ0) is 25.2. The molecule has 0 amide bonds. The summed E-state index contributed by atoms with van der Waals surface area (Å²) in [7, 11) is 0. The van der Waals surface area contributed by atoms with Crippen molar-refractivity contribution < 1.29 is 4.79 Å². The van der Waals surface area contributed by atoms with Crippen LogP contribution in [0.2, 0.25) is 0 Å². The summed E-state index contributed by atoms with van der Waals surface area (Å²) in [5.74, 6) is 2.14. The minimum absolute atomic E-state index is 0.158. The van der Waals surface area contributed by atoms with Gasteiger partial charge in [0.1, 0.15) is 5.82 Å². The van der Waals surface area contributed by atoms with E-state index in [-0.39, 0.29) is 5.92 Å². The molecule has 6 rings (SSSR count). The van der Waals surface area contributed by atoms with Crippen LogP contribution >= 0.6 is 15.9 Å². The number of fused-ring (bicyclic) bond motifs is 1. The Morgan fingerprint density at radius 3 is 2.84 bits per heavy atom. The molecule has 2 aliphatic carbocycles. The van der Waals surface area contributed by atoms with Crippen LogP contribution in [0.5, 0.6) is 0 Å². The maximum absolute atomic E-state index is 13.0. The molecule has 7 heteroatoms. The third kappa shape index (κ3) is 5.37. The number of ketones is 1. The van der Waals surface area contributed by atoms with E-state index < -0.39 is 0 Å². The van der Waals surface area contributed by atoms with Crippen molar-refractivity contribution in [3.8, 4) is 0 Å². The number of benzene rings is 1. The van der Waals surface area contributed by atoms with E-state index >= 15 is 0 Å². The fourth-order valence-electron chi connectivity index (χ4n) is 5.52. The zero-order valence-electron chi connectivity index (χ0n) is 20.7. The Morgan fingerprint density at radius 1 is 1.11 bits per heavy atom. The monoisotopic (exact) mass is 555 g/mol. The van der Waals surface area contributed by atoms with E-state index in [1.54, 1.807) is 12.4 Å². The lowest BCUT2D eigenvalue weighted by Crippen LogP contribution is -2.10. The van der Waals surface area contributed by atoms with Crippen molar-refractivity contribution in [3.63, 3.8) is 0 Å². The standard InChI is InChI=1S/C30H30BrN5O/c31-26-19-34-36-29(33-18-21-7-5-13-32-17-21)16-27(35-30(26)36)23-10-4-6-20(11-12-23)14-28(37)25-15-24(25)22-8-2-1-3-9-22/h1-3,5,7-9,13-14,16-17,19,23-25,33H,4,6,10-12,15,18H2/t23?,24-,25+/m0/s1. The third-order valence-corrected chi connectivity index (χ3v) is 8.22. The number of pyridine rings is 1. The van der Waals surface area contributed by atoms with Crippen molar-refractivity contribution in [2.45, 2.75) is 56.9 Å². The number of halogens is 1. The second-order valence-electron chi connectivity index (χ2n) is 10.2. The number of nitrogens with one attached hydrogen (secondary N) is 1. The Hall–Kier alpha value is -3.32. The molecule has 3 aromatic heterocycles. The normalized spacial score (nSPS) is 22.6. The largest absolute Gasteiger partial charge is 0.366 e. The lowest BCUT2D eigenvalue weighted by atomic mass is 9.95. The molecule has 188 valence electrons. The van der Waals surface area contributed by atoms with Gasteiger partial charge in [-0.1, -0.05) is 42.0 Å². The Kier molecular flexibility index (Phi) is 6.87. The maximum atomic E-state index is 13.0. The molecule has 3 atom stereocenters. The summed E-state index contributed by atoms with van der Waals surface area (Å²) in [5, 5.41) is 8.04. The van der Waals surface area contributed by atoms with Crippen LogP contribution < -0.4 is 5.32 Å². The Labute approximate surface area is 225 Å². The molecular weight excluding hydrogens is 526 g/mol. The molecule has 0 aliphatic heterocycles. The number of carbonyl (C=O) groups excluding carboxylic acids is 1. The molecule has 0 radical (unpaired) electrons. The lowest BCUT2D eigenvalue weighted by Gasteiger charge is -2.16. The van der Waals surface area contributed by atoms with Crippen LogP contribution in [0, 0.1) is 5.92 Å². The summed E-state index contributed by atoms with van der Waals surface area (Å²) in [6.07, 6.45) is 13.5. The number of hydrogen-bond acceptors (Lipinski definition) is 5. The molecular formula is C30H30BrN5O. The van der Waals surface area contributed by atoms with E-state index in [2.05, 4.69) is 67.7 Å². The highest BCUT2D eigenvalue weighted by atomic mass is 79.9. The number of nitrogens with zero attached hydrogens (tertiary/aromatic N) is 4. The van der Waals surface area contributed by atoms with Crippen LogP contribution in [0.1, 0.15) is 67.2 Å². The molecule has 0 bridgehead atoms. The van der Waals surface area contributed by atoms with Gasteiger partial charge < -0.3 is 5.32 Å². The van der Waals surface area contributed by atoms with Gasteiger partial charge in [-0.3, -0.25) is 9.78 Å². The number of allylic oxidation sites excluding steroid dienone is 2. The van der Waals surface area contributed by atoms with Gasteiger partial charge in [0.15, 0.2) is 11.4 Å². The molecule has 1 aromatic carbocycles. The minimum Gasteiger partial charge on any atom is -0.366 e.